The van der Waals surface area contributed by atoms with E-state index in [9.17, 15) is 9.59 Å². The normalized spacial score (nSPS) is 20.9. The zero-order valence-corrected chi connectivity index (χ0v) is 22.3. The molecule has 0 saturated heterocycles. The van der Waals surface area contributed by atoms with Crippen LogP contribution in [0.15, 0.2) is 96.9 Å². The summed E-state index contributed by atoms with van der Waals surface area (Å²) in [4.78, 5) is 31.4. The number of carbonyl (C=O) groups excluding carboxylic acids is 2. The van der Waals surface area contributed by atoms with Crippen LogP contribution in [0.5, 0.6) is 0 Å². The maximum atomic E-state index is 14.5. The first-order valence-corrected chi connectivity index (χ1v) is 12.9. The van der Waals surface area contributed by atoms with Crippen molar-refractivity contribution < 1.29 is 9.59 Å². The van der Waals surface area contributed by atoms with Gasteiger partial charge in [0, 0.05) is 29.9 Å². The Kier molecular flexibility index (Phi) is 7.94. The topological polar surface area (TPSA) is 52.7 Å². The van der Waals surface area contributed by atoms with Gasteiger partial charge in [-0.2, -0.15) is 0 Å². The molecule has 0 spiro atoms. The minimum absolute atomic E-state index is 0.0154. The predicted octanol–water partition coefficient (Wildman–Crippen LogP) is 5.28. The summed E-state index contributed by atoms with van der Waals surface area (Å²) in [7, 11) is 1.92. The number of anilines is 1. The molecule has 192 valence electrons. The van der Waals surface area contributed by atoms with Crippen molar-refractivity contribution in [3.8, 4) is 0 Å². The van der Waals surface area contributed by atoms with Crippen LogP contribution in [0, 0.1) is 6.92 Å². The van der Waals surface area contributed by atoms with Gasteiger partial charge in [-0.15, -0.1) is 0 Å². The number of amides is 1. The van der Waals surface area contributed by atoms with E-state index in [1.807, 2.05) is 69.4 Å². The minimum Gasteiger partial charge on any atom is -0.331 e. The number of allylic oxidation sites excluding steroid dienone is 3. The number of nitrogens with one attached hydrogen (secondary N) is 1. The lowest BCUT2D eigenvalue weighted by Gasteiger charge is -2.47. The molecule has 0 radical (unpaired) electrons. The van der Waals surface area contributed by atoms with Crippen LogP contribution in [0.25, 0.3) is 0 Å². The van der Waals surface area contributed by atoms with Crippen LogP contribution in [0.3, 0.4) is 0 Å². The van der Waals surface area contributed by atoms with Crippen LogP contribution in [-0.2, 0) is 22.4 Å². The SMILES string of the molecule is C=CC1=C(/C=C\C)CC(N2C(=C)C(NC)Cc3ccccc32)C(=O)N1C(Cc1ccccc1C)C(C)=O. The number of carbonyl (C=O) groups is 2. The number of ketones is 1. The van der Waals surface area contributed by atoms with E-state index >= 15 is 0 Å². The maximum Gasteiger partial charge on any atom is 0.251 e. The van der Waals surface area contributed by atoms with E-state index in [1.54, 1.807) is 17.9 Å². The summed E-state index contributed by atoms with van der Waals surface area (Å²) in [6, 6.07) is 15.1. The Morgan fingerprint density at radius 3 is 2.51 bits per heavy atom. The van der Waals surface area contributed by atoms with Crippen LogP contribution in [-0.4, -0.2) is 41.8 Å². The van der Waals surface area contributed by atoms with Gasteiger partial charge in [0.2, 0.25) is 0 Å². The highest BCUT2D eigenvalue weighted by molar-refractivity contribution is 5.95. The molecule has 2 aliphatic rings. The highest BCUT2D eigenvalue weighted by atomic mass is 16.2. The molecule has 1 N–H and O–H groups in total. The second-order valence-corrected chi connectivity index (χ2v) is 9.84. The number of Topliss-reactive ketones (excluding diaryl/α,β-unsaturated/α-hetero) is 1. The monoisotopic (exact) mass is 495 g/mol. The van der Waals surface area contributed by atoms with Crippen molar-refractivity contribution in [3.05, 3.63) is 114 Å². The van der Waals surface area contributed by atoms with Gasteiger partial charge in [-0.25, -0.2) is 0 Å². The van der Waals surface area contributed by atoms with Gasteiger partial charge in [-0.05, 0) is 68.6 Å². The molecule has 1 amide bonds. The fourth-order valence-corrected chi connectivity index (χ4v) is 5.62. The largest absolute Gasteiger partial charge is 0.331 e. The van der Waals surface area contributed by atoms with Gasteiger partial charge in [0.15, 0.2) is 5.78 Å². The van der Waals surface area contributed by atoms with E-state index in [2.05, 4.69) is 35.5 Å². The zero-order chi connectivity index (χ0) is 26.7. The first-order chi connectivity index (χ1) is 17.8. The molecule has 0 aliphatic carbocycles. The highest BCUT2D eigenvalue weighted by Gasteiger charge is 2.44. The Balaban J connectivity index is 1.86. The number of aryl methyl sites for hydroxylation is 1. The predicted molar refractivity (Wildman–Crippen MR) is 151 cm³/mol. The van der Waals surface area contributed by atoms with Gasteiger partial charge >= 0.3 is 0 Å². The Morgan fingerprint density at radius 2 is 1.86 bits per heavy atom. The molecular weight excluding hydrogens is 458 g/mol. The molecule has 0 aromatic heterocycles. The van der Waals surface area contributed by atoms with Crippen LogP contribution < -0.4 is 10.2 Å². The van der Waals surface area contributed by atoms with Crippen LogP contribution >= 0.6 is 0 Å². The van der Waals surface area contributed by atoms with E-state index in [4.69, 9.17) is 0 Å². The molecular formula is C32H37N3O2. The Bertz CT molecular complexity index is 1290. The lowest BCUT2D eigenvalue weighted by atomic mass is 9.87. The molecule has 3 unspecified atom stereocenters. The number of fused-ring (bicyclic) bond motifs is 1. The van der Waals surface area contributed by atoms with Crippen molar-refractivity contribution in [1.82, 2.24) is 10.2 Å². The van der Waals surface area contributed by atoms with Crippen LogP contribution in [0.2, 0.25) is 0 Å². The van der Waals surface area contributed by atoms with Crippen LogP contribution in [0.1, 0.15) is 37.0 Å². The van der Waals surface area contributed by atoms with E-state index in [1.165, 1.54) is 5.56 Å². The number of para-hydroxylation sites is 1. The number of hydrogen-bond acceptors (Lipinski definition) is 4. The summed E-state index contributed by atoms with van der Waals surface area (Å²) in [6.07, 6.45) is 7.47. The quantitative estimate of drug-likeness (QED) is 0.542. The maximum absolute atomic E-state index is 14.5. The molecule has 0 saturated carbocycles. The first-order valence-electron chi connectivity index (χ1n) is 12.9. The first kappa shape index (κ1) is 26.4. The molecule has 2 aliphatic heterocycles. The molecule has 2 heterocycles. The van der Waals surface area contributed by atoms with Gasteiger partial charge in [0.25, 0.3) is 5.91 Å². The lowest BCUT2D eigenvalue weighted by molar-refractivity contribution is -0.138. The van der Waals surface area contributed by atoms with E-state index in [0.717, 1.165) is 34.5 Å². The summed E-state index contributed by atoms with van der Waals surface area (Å²) >= 11 is 0. The third-order valence-corrected chi connectivity index (χ3v) is 7.59. The molecule has 0 fully saturated rings. The van der Waals surface area contributed by atoms with Gasteiger partial charge < -0.3 is 10.2 Å². The molecule has 3 atom stereocenters. The van der Waals surface area contributed by atoms with Crippen molar-refractivity contribution in [3.63, 3.8) is 0 Å². The van der Waals surface area contributed by atoms with Crippen molar-refractivity contribution in [2.24, 2.45) is 0 Å². The van der Waals surface area contributed by atoms with Gasteiger partial charge in [0.05, 0.1) is 12.1 Å². The number of nitrogens with zero attached hydrogens (tertiary/aromatic N) is 2. The highest BCUT2D eigenvalue weighted by Crippen LogP contribution is 2.39. The van der Waals surface area contributed by atoms with E-state index in [-0.39, 0.29) is 17.7 Å². The molecule has 37 heavy (non-hydrogen) atoms. The number of benzene rings is 2. The minimum atomic E-state index is -0.641. The second kappa shape index (κ2) is 11.1. The third-order valence-electron chi connectivity index (χ3n) is 7.59. The number of likely N-dealkylation sites (N-methyl/N-ethyl adjacent to an activating group) is 1. The van der Waals surface area contributed by atoms with Gasteiger partial charge in [-0.1, -0.05) is 67.8 Å². The second-order valence-electron chi connectivity index (χ2n) is 9.84. The Hall–Kier alpha value is -3.70. The van der Waals surface area contributed by atoms with E-state index in [0.29, 0.717) is 18.5 Å². The van der Waals surface area contributed by atoms with Crippen molar-refractivity contribution >= 4 is 17.4 Å². The van der Waals surface area contributed by atoms with Gasteiger partial charge in [-0.3, -0.25) is 14.5 Å². The molecule has 2 aromatic carbocycles. The molecule has 0 bridgehead atoms. The standard InChI is InChI=1S/C32H37N3O2/c1-7-13-25-20-31(34-22(4)27(33-6)18-26-16-11-12-17-29(26)34)32(37)35(28(25)8-2)30(23(5)36)19-24-15-10-9-14-21(24)3/h7-17,27,30-31,33H,2,4,18-20H2,1,3,5-6H3/b13-7-. The number of rotatable bonds is 8. The summed E-state index contributed by atoms with van der Waals surface area (Å²) in [5, 5.41) is 3.36. The molecule has 5 heteroatoms. The summed E-state index contributed by atoms with van der Waals surface area (Å²) in [6.45, 7) is 14.0. The summed E-state index contributed by atoms with van der Waals surface area (Å²) in [5.41, 5.74) is 6.86. The fraction of sp³-hybridized carbons (Fsp3) is 0.312. The molecule has 5 nitrogen and oxygen atoms in total. The average molecular weight is 496 g/mol. The Labute approximate surface area is 220 Å². The lowest BCUT2D eigenvalue weighted by Crippen LogP contribution is -2.58. The Morgan fingerprint density at radius 1 is 1.16 bits per heavy atom. The van der Waals surface area contributed by atoms with Crippen LogP contribution in [0.4, 0.5) is 5.69 Å². The summed E-state index contributed by atoms with van der Waals surface area (Å²) in [5.74, 6) is -0.160. The smallest absolute Gasteiger partial charge is 0.251 e. The summed E-state index contributed by atoms with van der Waals surface area (Å²) < 4.78 is 0. The van der Waals surface area contributed by atoms with Crippen molar-refractivity contribution in [2.75, 3.05) is 11.9 Å². The molecule has 4 rings (SSSR count). The van der Waals surface area contributed by atoms with Gasteiger partial charge in [0.1, 0.15) is 6.04 Å². The van der Waals surface area contributed by atoms with Crippen molar-refractivity contribution in [1.29, 1.82) is 0 Å². The van der Waals surface area contributed by atoms with E-state index < -0.39 is 12.1 Å². The number of hydrogen-bond donors (Lipinski definition) is 1. The third kappa shape index (κ3) is 4.96. The molecule has 2 aromatic rings. The average Bonchev–Trinajstić information content (AvgIpc) is 2.89. The fourth-order valence-electron chi connectivity index (χ4n) is 5.62. The zero-order valence-electron chi connectivity index (χ0n) is 22.3. The van der Waals surface area contributed by atoms with Crippen molar-refractivity contribution in [2.45, 2.75) is 58.2 Å².